The standard InChI is InChI=1S/C28H42N2O5/c1-5-20-9-6-7-10-23(20)21-11-13-22(14-12-21)34-17-24-28(19-33-18-25(31)29-28)15-8-16-30(24)26(32)35-27(2,3)4/h5-7,10,20-22,24H,1,8-9,11-19H2,2-4H3,(H,29,31). The summed E-state index contributed by atoms with van der Waals surface area (Å²) in [7, 11) is 0. The van der Waals surface area contributed by atoms with E-state index in [1.54, 1.807) is 4.90 Å². The van der Waals surface area contributed by atoms with E-state index < -0.39 is 11.1 Å². The van der Waals surface area contributed by atoms with Crippen molar-refractivity contribution < 1.29 is 23.8 Å². The first-order valence-corrected chi connectivity index (χ1v) is 13.2. The summed E-state index contributed by atoms with van der Waals surface area (Å²) in [6.07, 6.45) is 15.3. The number of allylic oxidation sites excluding steroid dienone is 5. The molecule has 2 saturated heterocycles. The Kier molecular flexibility index (Phi) is 8.06. The van der Waals surface area contributed by atoms with E-state index in [0.717, 1.165) is 44.9 Å². The summed E-state index contributed by atoms with van der Waals surface area (Å²) in [4.78, 5) is 27.2. The van der Waals surface area contributed by atoms with Crippen molar-refractivity contribution in [3.8, 4) is 0 Å². The highest BCUT2D eigenvalue weighted by atomic mass is 16.6. The molecule has 0 bridgehead atoms. The summed E-state index contributed by atoms with van der Waals surface area (Å²) in [5.74, 6) is 0.884. The van der Waals surface area contributed by atoms with E-state index in [-0.39, 0.29) is 30.8 Å². The average Bonchev–Trinajstić information content (AvgIpc) is 2.82. The van der Waals surface area contributed by atoms with Crippen LogP contribution in [0.5, 0.6) is 0 Å². The van der Waals surface area contributed by atoms with E-state index in [9.17, 15) is 9.59 Å². The summed E-state index contributed by atoms with van der Waals surface area (Å²) in [6, 6.07) is -0.329. The molecule has 2 amide bonds. The maximum absolute atomic E-state index is 13.1. The number of nitrogens with one attached hydrogen (secondary N) is 1. The Hall–Kier alpha value is -2.12. The van der Waals surface area contributed by atoms with Crippen molar-refractivity contribution in [1.82, 2.24) is 10.2 Å². The van der Waals surface area contributed by atoms with Crippen LogP contribution in [0.1, 0.15) is 65.7 Å². The Labute approximate surface area is 209 Å². The van der Waals surface area contributed by atoms with Gasteiger partial charge in [-0.05, 0) is 71.6 Å². The van der Waals surface area contributed by atoms with E-state index in [1.807, 2.05) is 20.8 Å². The van der Waals surface area contributed by atoms with Gasteiger partial charge in [0.1, 0.15) is 12.2 Å². The monoisotopic (exact) mass is 486 g/mol. The molecule has 1 saturated carbocycles. The quantitative estimate of drug-likeness (QED) is 0.578. The molecule has 0 aromatic heterocycles. The maximum atomic E-state index is 13.1. The number of carbonyl (C=O) groups excluding carboxylic acids is 2. The van der Waals surface area contributed by atoms with Gasteiger partial charge in [-0.3, -0.25) is 4.79 Å². The van der Waals surface area contributed by atoms with Crippen molar-refractivity contribution in [3.63, 3.8) is 0 Å². The topological polar surface area (TPSA) is 77.1 Å². The van der Waals surface area contributed by atoms with Crippen LogP contribution in [-0.4, -0.2) is 66.6 Å². The molecule has 35 heavy (non-hydrogen) atoms. The lowest BCUT2D eigenvalue weighted by atomic mass is 9.75. The minimum atomic E-state index is -0.641. The van der Waals surface area contributed by atoms with Crippen LogP contribution in [0.4, 0.5) is 4.79 Å². The summed E-state index contributed by atoms with van der Waals surface area (Å²) in [5, 5.41) is 3.16. The second-order valence-corrected chi connectivity index (χ2v) is 11.5. The Bertz CT molecular complexity index is 848. The van der Waals surface area contributed by atoms with Crippen LogP contribution in [0.3, 0.4) is 0 Å². The molecule has 2 heterocycles. The zero-order chi connectivity index (χ0) is 25.1. The van der Waals surface area contributed by atoms with Crippen LogP contribution in [0.15, 0.2) is 36.5 Å². The number of ether oxygens (including phenoxy) is 3. The van der Waals surface area contributed by atoms with Crippen LogP contribution in [-0.2, 0) is 19.0 Å². The van der Waals surface area contributed by atoms with Crippen LogP contribution < -0.4 is 5.32 Å². The fourth-order valence-electron chi connectivity index (χ4n) is 6.09. The van der Waals surface area contributed by atoms with Crippen LogP contribution in [0.25, 0.3) is 0 Å². The highest BCUT2D eigenvalue weighted by Gasteiger charge is 2.50. The van der Waals surface area contributed by atoms with Crippen molar-refractivity contribution in [3.05, 3.63) is 36.5 Å². The molecule has 4 aliphatic rings. The van der Waals surface area contributed by atoms with Crippen LogP contribution in [0.2, 0.25) is 0 Å². The molecule has 1 N–H and O–H groups in total. The van der Waals surface area contributed by atoms with E-state index in [1.165, 1.54) is 5.57 Å². The fraction of sp³-hybridized carbons (Fsp3) is 0.714. The molecule has 2 aliphatic carbocycles. The molecule has 0 radical (unpaired) electrons. The van der Waals surface area contributed by atoms with Crippen molar-refractivity contribution >= 4 is 12.0 Å². The van der Waals surface area contributed by atoms with Gasteiger partial charge in [0.25, 0.3) is 0 Å². The van der Waals surface area contributed by atoms with Gasteiger partial charge in [-0.25, -0.2) is 4.79 Å². The first-order valence-electron chi connectivity index (χ1n) is 13.2. The van der Waals surface area contributed by atoms with Gasteiger partial charge >= 0.3 is 6.09 Å². The van der Waals surface area contributed by atoms with E-state index >= 15 is 0 Å². The summed E-state index contributed by atoms with van der Waals surface area (Å²) < 4.78 is 17.9. The van der Waals surface area contributed by atoms with E-state index in [2.05, 4.69) is 36.2 Å². The van der Waals surface area contributed by atoms with E-state index in [0.29, 0.717) is 31.6 Å². The highest BCUT2D eigenvalue weighted by Crippen LogP contribution is 2.38. The number of rotatable bonds is 5. The van der Waals surface area contributed by atoms with Crippen molar-refractivity contribution in [1.29, 1.82) is 0 Å². The number of carbonyl (C=O) groups is 2. The molecule has 7 heteroatoms. The molecule has 1 spiro atoms. The number of piperidine rings is 1. The summed E-state index contributed by atoms with van der Waals surface area (Å²) in [5.41, 5.74) is 0.271. The van der Waals surface area contributed by atoms with Gasteiger partial charge in [-0.15, -0.1) is 6.58 Å². The second kappa shape index (κ2) is 10.9. The Morgan fingerprint density at radius 3 is 2.77 bits per heavy atom. The molecule has 4 rings (SSSR count). The SMILES string of the molecule is C=CC1CC=CC=C1C1CCC(OCC2N(C(=O)OC(C)(C)C)CCCC23COCC(=O)N3)CC1. The third-order valence-corrected chi connectivity index (χ3v) is 7.81. The minimum absolute atomic E-state index is 0.0581. The number of amides is 2. The Morgan fingerprint density at radius 2 is 2.09 bits per heavy atom. The predicted octanol–water partition coefficient (Wildman–Crippen LogP) is 4.54. The molecule has 2 aliphatic heterocycles. The zero-order valence-electron chi connectivity index (χ0n) is 21.6. The molecule has 7 nitrogen and oxygen atoms in total. The molecule has 0 aromatic carbocycles. The lowest BCUT2D eigenvalue weighted by molar-refractivity contribution is -0.144. The predicted molar refractivity (Wildman–Crippen MR) is 135 cm³/mol. The molecule has 194 valence electrons. The largest absolute Gasteiger partial charge is 0.444 e. The van der Waals surface area contributed by atoms with Gasteiger partial charge < -0.3 is 24.4 Å². The average molecular weight is 487 g/mol. The van der Waals surface area contributed by atoms with Gasteiger partial charge in [0.05, 0.1) is 30.9 Å². The van der Waals surface area contributed by atoms with Gasteiger partial charge in [-0.1, -0.05) is 29.9 Å². The lowest BCUT2D eigenvalue weighted by Crippen LogP contribution is -2.72. The minimum Gasteiger partial charge on any atom is -0.444 e. The van der Waals surface area contributed by atoms with Crippen LogP contribution >= 0.6 is 0 Å². The van der Waals surface area contributed by atoms with Crippen LogP contribution in [0, 0.1) is 11.8 Å². The number of likely N-dealkylation sites (tertiary alicyclic amines) is 1. The van der Waals surface area contributed by atoms with Gasteiger partial charge in [0.15, 0.2) is 0 Å². The lowest BCUT2D eigenvalue weighted by Gasteiger charge is -2.51. The normalized spacial score (nSPS) is 33.7. The van der Waals surface area contributed by atoms with Gasteiger partial charge in [0, 0.05) is 12.5 Å². The molecule has 3 fully saturated rings. The van der Waals surface area contributed by atoms with Crippen molar-refractivity contribution in [2.24, 2.45) is 11.8 Å². The number of hydrogen-bond donors (Lipinski definition) is 1. The third-order valence-electron chi connectivity index (χ3n) is 7.81. The molecule has 3 unspecified atom stereocenters. The van der Waals surface area contributed by atoms with Gasteiger partial charge in [0.2, 0.25) is 5.91 Å². The zero-order valence-corrected chi connectivity index (χ0v) is 21.6. The van der Waals surface area contributed by atoms with Crippen molar-refractivity contribution in [2.45, 2.75) is 89.0 Å². The third kappa shape index (κ3) is 6.18. The summed E-state index contributed by atoms with van der Waals surface area (Å²) in [6.45, 7) is 11.0. The molecular formula is C28H42N2O5. The number of nitrogens with zero attached hydrogens (tertiary/aromatic N) is 1. The Morgan fingerprint density at radius 1 is 1.31 bits per heavy atom. The van der Waals surface area contributed by atoms with Crippen molar-refractivity contribution in [2.75, 3.05) is 26.4 Å². The summed E-state index contributed by atoms with van der Waals surface area (Å²) >= 11 is 0. The van der Waals surface area contributed by atoms with E-state index in [4.69, 9.17) is 14.2 Å². The second-order valence-electron chi connectivity index (χ2n) is 11.5. The Balaban J connectivity index is 1.42. The first-order chi connectivity index (χ1) is 16.7. The smallest absolute Gasteiger partial charge is 0.410 e. The number of hydrogen-bond acceptors (Lipinski definition) is 5. The fourth-order valence-corrected chi connectivity index (χ4v) is 6.09. The first kappa shape index (κ1) is 26.0. The number of morpholine rings is 1. The highest BCUT2D eigenvalue weighted by molar-refractivity contribution is 5.79. The maximum Gasteiger partial charge on any atom is 0.410 e. The molecule has 3 atom stereocenters. The van der Waals surface area contributed by atoms with Gasteiger partial charge in [-0.2, -0.15) is 0 Å². The molecular weight excluding hydrogens is 444 g/mol. The molecule has 0 aromatic rings.